The SMILES string of the molecule is CC[C@@](F)(CC[C@H]1OCC(C)(C)c2c1c1c(O)cccc1n2-c1ccc(F)cc1)C(=O)O. The zero-order valence-electron chi connectivity index (χ0n) is 18.4. The molecule has 170 valence electrons. The fraction of sp³-hybridized carbons (Fsp3) is 0.400. The van der Waals surface area contributed by atoms with Gasteiger partial charge in [-0.2, -0.15) is 0 Å². The zero-order chi connectivity index (χ0) is 23.3. The van der Waals surface area contributed by atoms with Crippen LogP contribution in [-0.4, -0.2) is 33.0 Å². The minimum atomic E-state index is -2.34. The molecule has 32 heavy (non-hydrogen) atoms. The van der Waals surface area contributed by atoms with Crippen LogP contribution in [0.5, 0.6) is 5.75 Å². The van der Waals surface area contributed by atoms with E-state index in [9.17, 15) is 23.8 Å². The zero-order valence-corrected chi connectivity index (χ0v) is 18.4. The average molecular weight is 443 g/mol. The summed E-state index contributed by atoms with van der Waals surface area (Å²) in [6.07, 6.45) is -0.788. The van der Waals surface area contributed by atoms with Crippen LogP contribution in [0.15, 0.2) is 42.5 Å². The van der Waals surface area contributed by atoms with E-state index in [1.54, 1.807) is 24.3 Å². The molecule has 2 heterocycles. The second-order valence-electron chi connectivity index (χ2n) is 9.09. The monoisotopic (exact) mass is 443 g/mol. The summed E-state index contributed by atoms with van der Waals surface area (Å²) in [4.78, 5) is 11.5. The Morgan fingerprint density at radius 1 is 1.25 bits per heavy atom. The molecule has 0 aliphatic carbocycles. The highest BCUT2D eigenvalue weighted by Crippen LogP contribution is 2.49. The van der Waals surface area contributed by atoms with Crippen molar-refractivity contribution in [3.05, 3.63) is 59.5 Å². The number of carbonyl (C=O) groups is 1. The number of alkyl halides is 1. The van der Waals surface area contributed by atoms with Crippen LogP contribution >= 0.6 is 0 Å². The van der Waals surface area contributed by atoms with E-state index in [0.717, 1.165) is 22.5 Å². The van der Waals surface area contributed by atoms with E-state index < -0.39 is 23.2 Å². The molecule has 0 saturated heterocycles. The van der Waals surface area contributed by atoms with Gasteiger partial charge in [0.05, 0.1) is 18.2 Å². The summed E-state index contributed by atoms with van der Waals surface area (Å²) >= 11 is 0. The number of carboxylic acids is 1. The van der Waals surface area contributed by atoms with Gasteiger partial charge in [0.15, 0.2) is 0 Å². The summed E-state index contributed by atoms with van der Waals surface area (Å²) in [6, 6.07) is 11.3. The van der Waals surface area contributed by atoms with Gasteiger partial charge in [-0.1, -0.05) is 26.8 Å². The third kappa shape index (κ3) is 3.54. The van der Waals surface area contributed by atoms with E-state index >= 15 is 0 Å². The van der Waals surface area contributed by atoms with Crippen molar-refractivity contribution >= 4 is 16.9 Å². The number of ether oxygens (including phenoxy) is 1. The van der Waals surface area contributed by atoms with Crippen LogP contribution < -0.4 is 0 Å². The van der Waals surface area contributed by atoms with Crippen molar-refractivity contribution in [3.63, 3.8) is 0 Å². The molecular weight excluding hydrogens is 416 g/mol. The fourth-order valence-electron chi connectivity index (χ4n) is 4.67. The minimum absolute atomic E-state index is 0.0612. The van der Waals surface area contributed by atoms with Gasteiger partial charge >= 0.3 is 5.97 Å². The topological polar surface area (TPSA) is 71.7 Å². The number of fused-ring (bicyclic) bond motifs is 3. The third-order valence-corrected chi connectivity index (χ3v) is 6.45. The quantitative estimate of drug-likeness (QED) is 0.505. The van der Waals surface area contributed by atoms with Crippen molar-refractivity contribution < 1.29 is 28.5 Å². The molecule has 0 bridgehead atoms. The fourth-order valence-corrected chi connectivity index (χ4v) is 4.67. The molecule has 0 radical (unpaired) electrons. The third-order valence-electron chi connectivity index (χ3n) is 6.45. The summed E-state index contributed by atoms with van der Waals surface area (Å²) in [6.45, 7) is 5.87. The molecule has 0 saturated carbocycles. The van der Waals surface area contributed by atoms with Gasteiger partial charge in [-0.05, 0) is 55.7 Å². The highest BCUT2D eigenvalue weighted by Gasteiger charge is 2.43. The molecule has 0 unspecified atom stereocenters. The number of rotatable bonds is 6. The van der Waals surface area contributed by atoms with Gasteiger partial charge in [0.1, 0.15) is 11.6 Å². The molecule has 7 heteroatoms. The first-order chi connectivity index (χ1) is 15.1. The van der Waals surface area contributed by atoms with Crippen LogP contribution in [0.4, 0.5) is 8.78 Å². The molecule has 1 aliphatic rings. The van der Waals surface area contributed by atoms with E-state index in [2.05, 4.69) is 0 Å². The van der Waals surface area contributed by atoms with E-state index in [0.29, 0.717) is 12.0 Å². The van der Waals surface area contributed by atoms with Crippen molar-refractivity contribution in [2.24, 2.45) is 0 Å². The van der Waals surface area contributed by atoms with Crippen LogP contribution in [-0.2, 0) is 14.9 Å². The molecule has 0 amide bonds. The number of aromatic nitrogens is 1. The molecular formula is C25H27F2NO4. The molecule has 0 spiro atoms. The number of halogens is 2. The number of nitrogens with zero attached hydrogens (tertiary/aromatic N) is 1. The molecule has 1 aromatic heterocycles. The molecule has 4 rings (SSSR count). The first kappa shape index (κ1) is 22.3. The Kier molecular flexibility index (Phi) is 5.49. The maximum absolute atomic E-state index is 14.9. The molecule has 2 aromatic carbocycles. The first-order valence-electron chi connectivity index (χ1n) is 10.8. The van der Waals surface area contributed by atoms with Crippen LogP contribution in [0.2, 0.25) is 0 Å². The predicted octanol–water partition coefficient (Wildman–Crippen LogP) is 5.81. The lowest BCUT2D eigenvalue weighted by Crippen LogP contribution is -2.36. The number of phenolic OH excluding ortho intramolecular Hbond substituents is 1. The van der Waals surface area contributed by atoms with Gasteiger partial charge in [-0.3, -0.25) is 0 Å². The molecule has 0 fully saturated rings. The Balaban J connectivity index is 1.93. The minimum Gasteiger partial charge on any atom is -0.507 e. The van der Waals surface area contributed by atoms with Gasteiger partial charge in [0.25, 0.3) is 0 Å². The molecule has 3 aromatic rings. The highest BCUT2D eigenvalue weighted by molar-refractivity contribution is 5.93. The second-order valence-corrected chi connectivity index (χ2v) is 9.09. The summed E-state index contributed by atoms with van der Waals surface area (Å²) in [7, 11) is 0. The average Bonchev–Trinajstić information content (AvgIpc) is 3.11. The Morgan fingerprint density at radius 3 is 2.56 bits per heavy atom. The first-order valence-corrected chi connectivity index (χ1v) is 10.8. The van der Waals surface area contributed by atoms with Gasteiger partial charge in [-0.15, -0.1) is 0 Å². The Hall–Kier alpha value is -2.93. The van der Waals surface area contributed by atoms with Crippen LogP contribution in [0.1, 0.15) is 57.4 Å². The van der Waals surface area contributed by atoms with Crippen molar-refractivity contribution in [2.45, 2.75) is 57.2 Å². The Morgan fingerprint density at radius 2 is 1.94 bits per heavy atom. The maximum atomic E-state index is 14.9. The van der Waals surface area contributed by atoms with Gasteiger partial charge in [-0.25, -0.2) is 13.6 Å². The van der Waals surface area contributed by atoms with Crippen LogP contribution in [0, 0.1) is 5.82 Å². The highest BCUT2D eigenvalue weighted by atomic mass is 19.1. The smallest absolute Gasteiger partial charge is 0.341 e. The number of hydrogen-bond acceptors (Lipinski definition) is 3. The van der Waals surface area contributed by atoms with E-state index in [4.69, 9.17) is 4.74 Å². The Labute approximate surface area is 185 Å². The van der Waals surface area contributed by atoms with Crippen molar-refractivity contribution in [1.82, 2.24) is 4.57 Å². The summed E-state index contributed by atoms with van der Waals surface area (Å²) in [5, 5.41) is 20.7. The lowest BCUT2D eigenvalue weighted by atomic mass is 9.81. The Bertz CT molecular complexity index is 1170. The van der Waals surface area contributed by atoms with E-state index in [1.807, 2.05) is 24.5 Å². The molecule has 1 aliphatic heterocycles. The van der Waals surface area contributed by atoms with E-state index in [-0.39, 0.29) is 30.8 Å². The normalized spacial score (nSPS) is 19.5. The van der Waals surface area contributed by atoms with Crippen molar-refractivity contribution in [2.75, 3.05) is 6.61 Å². The van der Waals surface area contributed by atoms with Gasteiger partial charge in [0.2, 0.25) is 5.67 Å². The summed E-state index contributed by atoms with van der Waals surface area (Å²) < 4.78 is 36.6. The van der Waals surface area contributed by atoms with Crippen LogP contribution in [0.25, 0.3) is 16.6 Å². The predicted molar refractivity (Wildman–Crippen MR) is 118 cm³/mol. The molecule has 2 N–H and O–H groups in total. The standard InChI is InChI=1S/C25H27F2NO4/c1-4-25(27,23(30)31)13-12-19-21-20-17(6-5-7-18(20)29)28(16-10-8-15(26)9-11-16)22(21)24(2,3)14-32-19/h5-11,19,29H,4,12-14H2,1-3H3,(H,30,31)/t19-,25-/m1/s1. The number of aromatic hydroxyl groups is 1. The number of hydrogen-bond donors (Lipinski definition) is 2. The molecule has 5 nitrogen and oxygen atoms in total. The van der Waals surface area contributed by atoms with Gasteiger partial charge < -0.3 is 19.5 Å². The lowest BCUT2D eigenvalue weighted by molar-refractivity contribution is -0.152. The number of aliphatic carboxylic acids is 1. The summed E-state index contributed by atoms with van der Waals surface area (Å²) in [5.74, 6) is -1.77. The number of phenols is 1. The van der Waals surface area contributed by atoms with E-state index in [1.165, 1.54) is 19.1 Å². The van der Waals surface area contributed by atoms with Gasteiger partial charge in [0, 0.05) is 27.7 Å². The van der Waals surface area contributed by atoms with Crippen LogP contribution in [0.3, 0.4) is 0 Å². The number of carboxylic acid groups (broad SMARTS) is 1. The molecule has 2 atom stereocenters. The second kappa shape index (κ2) is 7.89. The maximum Gasteiger partial charge on any atom is 0.341 e. The summed E-state index contributed by atoms with van der Waals surface area (Å²) in [5.41, 5.74) is 0.265. The number of benzene rings is 2. The van der Waals surface area contributed by atoms with Crippen molar-refractivity contribution in [3.8, 4) is 11.4 Å². The largest absolute Gasteiger partial charge is 0.507 e. The van der Waals surface area contributed by atoms with Crippen molar-refractivity contribution in [1.29, 1.82) is 0 Å². The lowest BCUT2D eigenvalue weighted by Gasteiger charge is -2.37.